The van der Waals surface area contributed by atoms with Crippen molar-refractivity contribution >= 4 is 11.7 Å². The van der Waals surface area contributed by atoms with Crippen LogP contribution >= 0.6 is 0 Å². The largest absolute Gasteiger partial charge is 0.328 e. The number of carbonyl (C=O) groups excluding carboxylic acids is 1. The van der Waals surface area contributed by atoms with E-state index < -0.39 is 0 Å². The number of ketones is 1. The van der Waals surface area contributed by atoms with E-state index in [4.69, 9.17) is 0 Å². The first-order chi connectivity index (χ1) is 10.2. The lowest BCUT2D eigenvalue weighted by molar-refractivity contribution is -0.123. The SMILES string of the molecule is C[C@H]1[C@@H]2C(=O)C[C@H](c3ccccc3)C=C2Nc2ncnn21. The van der Waals surface area contributed by atoms with Gasteiger partial charge in [0.25, 0.3) is 0 Å². The number of Topliss-reactive ketones (excluding diaryl/α,β-unsaturated/α-hetero) is 1. The Morgan fingerprint density at radius 1 is 1.29 bits per heavy atom. The summed E-state index contributed by atoms with van der Waals surface area (Å²) in [4.78, 5) is 16.8. The highest BCUT2D eigenvalue weighted by molar-refractivity contribution is 5.88. The molecule has 1 aromatic heterocycles. The average Bonchev–Trinajstić information content (AvgIpc) is 2.96. The van der Waals surface area contributed by atoms with E-state index >= 15 is 0 Å². The molecule has 1 N–H and O–H groups in total. The van der Waals surface area contributed by atoms with Gasteiger partial charge < -0.3 is 5.32 Å². The predicted octanol–water partition coefficient (Wildman–Crippen LogP) is 2.52. The van der Waals surface area contributed by atoms with Crippen molar-refractivity contribution in [2.24, 2.45) is 5.92 Å². The third kappa shape index (κ3) is 1.88. The van der Waals surface area contributed by atoms with Crippen LogP contribution in [0, 0.1) is 5.92 Å². The van der Waals surface area contributed by atoms with Crippen molar-refractivity contribution in [2.75, 3.05) is 5.32 Å². The summed E-state index contributed by atoms with van der Waals surface area (Å²) < 4.78 is 1.79. The van der Waals surface area contributed by atoms with E-state index in [0.717, 1.165) is 5.70 Å². The maximum Gasteiger partial charge on any atom is 0.225 e. The summed E-state index contributed by atoms with van der Waals surface area (Å²) in [5.74, 6) is 0.979. The molecule has 2 aliphatic rings. The van der Waals surface area contributed by atoms with Crippen molar-refractivity contribution in [1.82, 2.24) is 14.8 Å². The van der Waals surface area contributed by atoms with E-state index in [1.165, 1.54) is 11.9 Å². The van der Waals surface area contributed by atoms with Gasteiger partial charge in [-0.05, 0) is 12.5 Å². The molecule has 0 spiro atoms. The molecule has 0 bridgehead atoms. The fourth-order valence-electron chi connectivity index (χ4n) is 3.37. The third-order valence-corrected chi connectivity index (χ3v) is 4.41. The van der Waals surface area contributed by atoms with Gasteiger partial charge in [-0.1, -0.05) is 36.4 Å². The standard InChI is InChI=1S/C16H16N4O/c1-10-15-13(19-16-17-9-18-20(10)16)7-12(8-14(15)21)11-5-3-2-4-6-11/h2-7,9-10,12,15H,8H2,1H3,(H,17,18,19)/t10-,12+,15-/m0/s1. The topological polar surface area (TPSA) is 59.8 Å². The minimum absolute atomic E-state index is 0.0132. The van der Waals surface area contributed by atoms with Gasteiger partial charge in [-0.15, -0.1) is 0 Å². The Bertz CT molecular complexity index is 719. The monoisotopic (exact) mass is 280 g/mol. The zero-order valence-corrected chi connectivity index (χ0v) is 11.7. The number of anilines is 1. The summed E-state index contributed by atoms with van der Waals surface area (Å²) >= 11 is 0. The molecular weight excluding hydrogens is 264 g/mol. The number of nitrogens with zero attached hydrogens (tertiary/aromatic N) is 3. The third-order valence-electron chi connectivity index (χ3n) is 4.41. The van der Waals surface area contributed by atoms with Crippen LogP contribution in [0.5, 0.6) is 0 Å². The maximum atomic E-state index is 12.6. The Hall–Kier alpha value is -2.43. The molecule has 106 valence electrons. The highest BCUT2D eigenvalue weighted by Gasteiger charge is 2.40. The Kier molecular flexibility index (Phi) is 2.67. The van der Waals surface area contributed by atoms with Crippen LogP contribution in [0.25, 0.3) is 0 Å². The zero-order valence-electron chi connectivity index (χ0n) is 11.7. The molecule has 1 aliphatic heterocycles. The minimum Gasteiger partial charge on any atom is -0.328 e. The first-order valence-electron chi connectivity index (χ1n) is 7.20. The minimum atomic E-state index is -0.140. The highest BCUT2D eigenvalue weighted by Crippen LogP contribution is 2.40. The van der Waals surface area contributed by atoms with Gasteiger partial charge >= 0.3 is 0 Å². The summed E-state index contributed by atoms with van der Waals surface area (Å²) in [5.41, 5.74) is 2.14. The molecule has 2 heterocycles. The smallest absolute Gasteiger partial charge is 0.225 e. The number of nitrogens with one attached hydrogen (secondary N) is 1. The predicted molar refractivity (Wildman–Crippen MR) is 78.7 cm³/mol. The van der Waals surface area contributed by atoms with Gasteiger partial charge in [-0.25, -0.2) is 4.68 Å². The molecule has 0 fully saturated rings. The average molecular weight is 280 g/mol. The Morgan fingerprint density at radius 3 is 2.90 bits per heavy atom. The molecule has 4 rings (SSSR count). The zero-order chi connectivity index (χ0) is 14.4. The van der Waals surface area contributed by atoms with Gasteiger partial charge in [0, 0.05) is 18.0 Å². The lowest BCUT2D eigenvalue weighted by atomic mass is 9.78. The molecule has 0 unspecified atom stereocenters. The fourth-order valence-corrected chi connectivity index (χ4v) is 3.37. The number of fused-ring (bicyclic) bond motifs is 2. The molecule has 5 heteroatoms. The first-order valence-corrected chi connectivity index (χ1v) is 7.20. The van der Waals surface area contributed by atoms with Crippen LogP contribution in [0.15, 0.2) is 48.4 Å². The van der Waals surface area contributed by atoms with Crippen molar-refractivity contribution in [1.29, 1.82) is 0 Å². The Balaban J connectivity index is 1.76. The lowest BCUT2D eigenvalue weighted by Gasteiger charge is -2.36. The van der Waals surface area contributed by atoms with Gasteiger partial charge in [0.1, 0.15) is 12.1 Å². The van der Waals surface area contributed by atoms with Crippen LogP contribution in [0.2, 0.25) is 0 Å². The number of benzene rings is 1. The Morgan fingerprint density at radius 2 is 2.10 bits per heavy atom. The summed E-state index contributed by atoms with van der Waals surface area (Å²) in [7, 11) is 0. The van der Waals surface area contributed by atoms with Crippen LogP contribution in [0.3, 0.4) is 0 Å². The molecule has 1 aliphatic carbocycles. The summed E-state index contributed by atoms with van der Waals surface area (Å²) in [6.07, 6.45) is 4.25. The van der Waals surface area contributed by atoms with Crippen molar-refractivity contribution in [2.45, 2.75) is 25.3 Å². The quantitative estimate of drug-likeness (QED) is 0.872. The van der Waals surface area contributed by atoms with E-state index in [1.807, 2.05) is 25.1 Å². The lowest BCUT2D eigenvalue weighted by Crippen LogP contribution is -2.38. The van der Waals surface area contributed by atoms with E-state index in [-0.39, 0.29) is 23.7 Å². The van der Waals surface area contributed by atoms with E-state index in [1.54, 1.807) is 4.68 Å². The van der Waals surface area contributed by atoms with Crippen molar-refractivity contribution in [3.63, 3.8) is 0 Å². The molecule has 0 saturated carbocycles. The van der Waals surface area contributed by atoms with Crippen LogP contribution in [-0.2, 0) is 4.79 Å². The molecule has 21 heavy (non-hydrogen) atoms. The number of allylic oxidation sites excluding steroid dienone is 2. The van der Waals surface area contributed by atoms with E-state index in [9.17, 15) is 4.79 Å². The van der Waals surface area contributed by atoms with E-state index in [0.29, 0.717) is 12.4 Å². The van der Waals surface area contributed by atoms with Gasteiger partial charge in [-0.3, -0.25) is 4.79 Å². The number of hydrogen-bond acceptors (Lipinski definition) is 4. The second kappa shape index (κ2) is 4.55. The molecule has 0 amide bonds. The fraction of sp³-hybridized carbons (Fsp3) is 0.312. The number of hydrogen-bond donors (Lipinski definition) is 1. The Labute approximate surface area is 122 Å². The number of rotatable bonds is 1. The van der Waals surface area contributed by atoms with Gasteiger partial charge in [-0.2, -0.15) is 10.1 Å². The normalized spacial score (nSPS) is 27.4. The highest BCUT2D eigenvalue weighted by atomic mass is 16.1. The second-order valence-electron chi connectivity index (χ2n) is 5.68. The van der Waals surface area contributed by atoms with Gasteiger partial charge in [0.2, 0.25) is 5.95 Å². The molecule has 3 atom stereocenters. The summed E-state index contributed by atoms with van der Waals surface area (Å²) in [5, 5.41) is 7.47. The van der Waals surface area contributed by atoms with Crippen LogP contribution < -0.4 is 5.32 Å². The van der Waals surface area contributed by atoms with Crippen LogP contribution in [-0.4, -0.2) is 20.5 Å². The van der Waals surface area contributed by atoms with Crippen LogP contribution in [0.1, 0.15) is 30.9 Å². The number of carbonyl (C=O) groups is 1. The molecular formula is C16H16N4O. The van der Waals surface area contributed by atoms with Gasteiger partial charge in [0.05, 0.1) is 12.0 Å². The van der Waals surface area contributed by atoms with Crippen LogP contribution in [0.4, 0.5) is 5.95 Å². The number of aromatic nitrogens is 3. The second-order valence-corrected chi connectivity index (χ2v) is 5.68. The van der Waals surface area contributed by atoms with E-state index in [2.05, 4.69) is 33.6 Å². The van der Waals surface area contributed by atoms with Gasteiger partial charge in [0.15, 0.2) is 0 Å². The maximum absolute atomic E-state index is 12.6. The molecule has 0 saturated heterocycles. The summed E-state index contributed by atoms with van der Waals surface area (Å²) in [6.45, 7) is 2.03. The first kappa shape index (κ1) is 12.3. The molecule has 0 radical (unpaired) electrons. The van der Waals surface area contributed by atoms with Crippen molar-refractivity contribution in [3.8, 4) is 0 Å². The molecule has 2 aromatic rings. The molecule has 1 aromatic carbocycles. The van der Waals surface area contributed by atoms with Crippen molar-refractivity contribution < 1.29 is 4.79 Å². The summed E-state index contributed by atoms with van der Waals surface area (Å²) in [6, 6.07) is 10.2. The molecule has 5 nitrogen and oxygen atoms in total. The van der Waals surface area contributed by atoms with Crippen molar-refractivity contribution in [3.05, 3.63) is 54.0 Å².